The number of pyridine rings is 1. The number of nitrogens with two attached hydrogens (primary N) is 1. The molecule has 2 aromatic heterocycles. The summed E-state index contributed by atoms with van der Waals surface area (Å²) in [6.45, 7) is 0. The first-order chi connectivity index (χ1) is 10.7. The van der Waals surface area contributed by atoms with Gasteiger partial charge in [-0.25, -0.2) is 9.97 Å². The maximum absolute atomic E-state index is 12.3. The zero-order valence-electron chi connectivity index (χ0n) is 11.6. The van der Waals surface area contributed by atoms with Crippen LogP contribution in [-0.4, -0.2) is 20.9 Å². The monoisotopic (exact) mass is 295 g/mol. The molecular formula is C16H17N5O. The molecule has 0 bridgehead atoms. The molecule has 6 nitrogen and oxygen atoms in total. The van der Waals surface area contributed by atoms with Gasteiger partial charge in [0.2, 0.25) is 0 Å². The minimum Gasteiger partial charge on any atom is -0.382 e. The summed E-state index contributed by atoms with van der Waals surface area (Å²) in [6, 6.07) is 12.7. The van der Waals surface area contributed by atoms with Crippen molar-refractivity contribution in [3.05, 3.63) is 66.7 Å². The van der Waals surface area contributed by atoms with E-state index in [0.717, 1.165) is 5.56 Å². The largest absolute Gasteiger partial charge is 0.382 e. The van der Waals surface area contributed by atoms with Gasteiger partial charge in [-0.1, -0.05) is 18.2 Å². The quantitative estimate of drug-likeness (QED) is 0.775. The maximum atomic E-state index is 12.3. The molecule has 3 aromatic rings. The van der Waals surface area contributed by atoms with Gasteiger partial charge in [0.05, 0.1) is 11.9 Å². The van der Waals surface area contributed by atoms with Crippen LogP contribution in [0.5, 0.6) is 0 Å². The summed E-state index contributed by atoms with van der Waals surface area (Å²) < 4.78 is 0. The molecule has 0 saturated heterocycles. The van der Waals surface area contributed by atoms with Crippen LogP contribution >= 0.6 is 0 Å². The number of nitrogen functional groups attached to an aromatic ring is 1. The molecule has 0 unspecified atom stereocenters. The number of aromatic nitrogens is 3. The van der Waals surface area contributed by atoms with Crippen molar-refractivity contribution in [2.24, 2.45) is 0 Å². The van der Waals surface area contributed by atoms with E-state index >= 15 is 0 Å². The lowest BCUT2D eigenvalue weighted by molar-refractivity contribution is 0.102. The van der Waals surface area contributed by atoms with Crippen LogP contribution < -0.4 is 11.1 Å². The Morgan fingerprint density at radius 1 is 1.09 bits per heavy atom. The second kappa shape index (κ2) is 6.01. The third-order valence-corrected chi connectivity index (χ3v) is 3.00. The van der Waals surface area contributed by atoms with Crippen LogP contribution in [0.2, 0.25) is 0 Å². The number of anilines is 2. The van der Waals surface area contributed by atoms with E-state index < -0.39 is 5.91 Å². The van der Waals surface area contributed by atoms with E-state index in [0.29, 0.717) is 11.4 Å². The Labute approximate surface area is 130 Å². The summed E-state index contributed by atoms with van der Waals surface area (Å²) in [7, 11) is 0. The van der Waals surface area contributed by atoms with E-state index in [1.807, 2.05) is 24.3 Å². The van der Waals surface area contributed by atoms with E-state index in [9.17, 15) is 4.79 Å². The molecule has 0 atom stereocenters. The first-order valence-corrected chi connectivity index (χ1v) is 6.63. The molecule has 0 aliphatic carbocycles. The molecule has 3 rings (SSSR count). The molecule has 6 heteroatoms. The fourth-order valence-corrected chi connectivity index (χ4v) is 1.93. The molecule has 0 spiro atoms. The average molecular weight is 295 g/mol. The number of hydrogen-bond acceptors (Lipinski definition) is 5. The smallest absolute Gasteiger partial charge is 0.278 e. The van der Waals surface area contributed by atoms with Gasteiger partial charge in [0.25, 0.3) is 5.91 Å². The van der Waals surface area contributed by atoms with Gasteiger partial charge >= 0.3 is 0 Å². The van der Waals surface area contributed by atoms with Crippen LogP contribution in [0, 0.1) is 0 Å². The zero-order chi connectivity index (χ0) is 15.4. The van der Waals surface area contributed by atoms with Crippen molar-refractivity contribution in [3.8, 4) is 11.3 Å². The number of rotatable bonds is 3. The summed E-state index contributed by atoms with van der Waals surface area (Å²) in [5.74, 6) is -0.317. The molecule has 0 aliphatic heterocycles. The molecule has 0 radical (unpaired) electrons. The molecular weight excluding hydrogens is 278 g/mol. The van der Waals surface area contributed by atoms with Crippen molar-refractivity contribution in [3.63, 3.8) is 0 Å². The molecule has 0 aliphatic rings. The summed E-state index contributed by atoms with van der Waals surface area (Å²) >= 11 is 0. The van der Waals surface area contributed by atoms with Crippen LogP contribution in [0.4, 0.5) is 11.5 Å². The van der Waals surface area contributed by atoms with E-state index in [1.54, 1.807) is 30.6 Å². The van der Waals surface area contributed by atoms with Gasteiger partial charge < -0.3 is 11.1 Å². The van der Waals surface area contributed by atoms with Gasteiger partial charge in [-0.15, -0.1) is 0 Å². The number of nitrogens with one attached hydrogen (secondary N) is 1. The van der Waals surface area contributed by atoms with Crippen LogP contribution in [-0.2, 0) is 0 Å². The Hall–Kier alpha value is -3.28. The van der Waals surface area contributed by atoms with Gasteiger partial charge in [0, 0.05) is 26.5 Å². The summed E-state index contributed by atoms with van der Waals surface area (Å²) in [6.07, 6.45) is 4.84. The first-order valence-electron chi connectivity index (χ1n) is 6.63. The van der Waals surface area contributed by atoms with Crippen LogP contribution in [0.15, 0.2) is 61.1 Å². The van der Waals surface area contributed by atoms with E-state index in [1.165, 1.54) is 6.20 Å². The minimum absolute atomic E-state index is 0. The highest BCUT2D eigenvalue weighted by atomic mass is 16.1. The highest BCUT2D eigenvalue weighted by Gasteiger charge is 2.14. The molecule has 112 valence electrons. The number of carbonyl (C=O) groups is 1. The summed E-state index contributed by atoms with van der Waals surface area (Å²) in [5.41, 5.74) is 7.84. The maximum Gasteiger partial charge on any atom is 0.278 e. The standard InChI is InChI=1S/C16H13N5O.2H2/c17-15-14(16(22)20-12-6-2-1-3-7-12)21-13(10-19-15)11-5-4-8-18-9-11;;/h1-10H,(H2,17,19)(H,20,22);2*1H. The molecule has 0 fully saturated rings. The van der Waals surface area contributed by atoms with Gasteiger partial charge in [-0.3, -0.25) is 9.78 Å². The van der Waals surface area contributed by atoms with Crippen molar-refractivity contribution in [1.82, 2.24) is 15.0 Å². The lowest BCUT2D eigenvalue weighted by atomic mass is 10.2. The van der Waals surface area contributed by atoms with Gasteiger partial charge in [-0.2, -0.15) is 0 Å². The van der Waals surface area contributed by atoms with Crippen molar-refractivity contribution in [2.75, 3.05) is 11.1 Å². The van der Waals surface area contributed by atoms with Crippen LogP contribution in [0.1, 0.15) is 13.3 Å². The Balaban J connectivity index is 0.00000144. The Kier molecular flexibility index (Phi) is 3.74. The predicted octanol–water partition coefficient (Wildman–Crippen LogP) is 2.87. The minimum atomic E-state index is -0.401. The molecule has 0 saturated carbocycles. The Morgan fingerprint density at radius 2 is 1.91 bits per heavy atom. The SMILES string of the molecule is Nc1ncc(-c2cccnc2)nc1C(=O)Nc1ccccc1.[HH].[HH]. The lowest BCUT2D eigenvalue weighted by Gasteiger charge is -2.08. The van der Waals surface area contributed by atoms with Crippen molar-refractivity contribution in [2.45, 2.75) is 0 Å². The van der Waals surface area contributed by atoms with Crippen LogP contribution in [0.25, 0.3) is 11.3 Å². The lowest BCUT2D eigenvalue weighted by Crippen LogP contribution is -2.17. The van der Waals surface area contributed by atoms with Gasteiger partial charge in [0.1, 0.15) is 0 Å². The predicted molar refractivity (Wildman–Crippen MR) is 88.3 cm³/mol. The molecule has 1 amide bonds. The van der Waals surface area contributed by atoms with Crippen molar-refractivity contribution >= 4 is 17.4 Å². The van der Waals surface area contributed by atoms with Gasteiger partial charge in [0.15, 0.2) is 11.5 Å². The van der Waals surface area contributed by atoms with Crippen molar-refractivity contribution in [1.29, 1.82) is 0 Å². The topological polar surface area (TPSA) is 93.8 Å². The number of amides is 1. The van der Waals surface area contributed by atoms with Crippen LogP contribution in [0.3, 0.4) is 0 Å². The number of carbonyl (C=O) groups excluding carboxylic acids is 1. The second-order valence-corrected chi connectivity index (χ2v) is 4.55. The fourth-order valence-electron chi connectivity index (χ4n) is 1.93. The third-order valence-electron chi connectivity index (χ3n) is 3.00. The summed E-state index contributed by atoms with van der Waals surface area (Å²) in [5, 5.41) is 2.74. The molecule has 1 aromatic carbocycles. The zero-order valence-corrected chi connectivity index (χ0v) is 11.6. The normalized spacial score (nSPS) is 10.2. The third kappa shape index (κ3) is 2.90. The highest BCUT2D eigenvalue weighted by Crippen LogP contribution is 2.18. The van der Waals surface area contributed by atoms with E-state index in [2.05, 4.69) is 20.3 Å². The Bertz CT molecular complexity index is 800. The van der Waals surface area contributed by atoms with Crippen molar-refractivity contribution < 1.29 is 7.65 Å². The van der Waals surface area contributed by atoms with E-state index in [4.69, 9.17) is 5.73 Å². The van der Waals surface area contributed by atoms with Gasteiger partial charge in [-0.05, 0) is 24.3 Å². The first kappa shape index (κ1) is 13.7. The molecule has 3 N–H and O–H groups in total. The Morgan fingerprint density at radius 3 is 2.64 bits per heavy atom. The fraction of sp³-hybridized carbons (Fsp3) is 0. The molecule has 22 heavy (non-hydrogen) atoms. The molecule has 2 heterocycles. The number of hydrogen-bond donors (Lipinski definition) is 2. The highest BCUT2D eigenvalue weighted by molar-refractivity contribution is 6.05. The number of para-hydroxylation sites is 1. The average Bonchev–Trinajstić information content (AvgIpc) is 2.57. The number of nitrogens with zero attached hydrogens (tertiary/aromatic N) is 3. The second-order valence-electron chi connectivity index (χ2n) is 4.55. The summed E-state index contributed by atoms with van der Waals surface area (Å²) in [4.78, 5) is 24.7. The number of benzene rings is 1. The van der Waals surface area contributed by atoms with E-state index in [-0.39, 0.29) is 14.4 Å².